The van der Waals surface area contributed by atoms with E-state index >= 15 is 0 Å². The first-order valence-electron chi connectivity index (χ1n) is 6.68. The highest BCUT2D eigenvalue weighted by Gasteiger charge is 2.47. The molecule has 30 heavy (non-hydrogen) atoms. The summed E-state index contributed by atoms with van der Waals surface area (Å²) in [6, 6.07) is 0. The molecule has 2 saturated heterocycles. The van der Waals surface area contributed by atoms with Crippen LogP contribution in [-0.4, -0.2) is 75.9 Å². The monoisotopic (exact) mass is 434 g/mol. The van der Waals surface area contributed by atoms with E-state index in [1.54, 1.807) is 0 Å². The van der Waals surface area contributed by atoms with Crippen LogP contribution in [0, 0.1) is 5.92 Å². The van der Waals surface area contributed by atoms with Crippen LogP contribution in [0.5, 0.6) is 0 Å². The highest BCUT2D eigenvalue weighted by molar-refractivity contribution is 6.22. The number of ether oxygens (including phenoxy) is 2. The standard InChI is InChI=1S/C4H2O5.C3H2N2O2.C3H4O4.C3H2O3.CH4/c5-2(6)1-3(7)9-4(1)8;6-2-4-1-5-3-7;4-2(5)1-3(6)7;4-2-1-3(5)6-2;/h1H,(H,5,6);1H2;1H2,(H,4,5)(H,6,7);1H2;1H4. The Bertz CT molecular complexity index is 711. The zero-order valence-corrected chi connectivity index (χ0v) is 13.9. The van der Waals surface area contributed by atoms with Gasteiger partial charge in [0, 0.05) is 0 Å². The highest BCUT2D eigenvalue weighted by atomic mass is 16.6. The molecule has 0 saturated carbocycles. The van der Waals surface area contributed by atoms with Crippen LogP contribution < -0.4 is 0 Å². The Balaban J connectivity index is -0.000000324. The average Bonchev–Trinajstić information content (AvgIpc) is 2.54. The van der Waals surface area contributed by atoms with Crippen molar-refractivity contribution in [3.05, 3.63) is 0 Å². The summed E-state index contributed by atoms with van der Waals surface area (Å²) in [6.07, 6.45) is 1.58. The predicted molar refractivity (Wildman–Crippen MR) is 85.7 cm³/mol. The molecule has 164 valence electrons. The van der Waals surface area contributed by atoms with Crippen molar-refractivity contribution in [2.24, 2.45) is 15.9 Å². The minimum Gasteiger partial charge on any atom is -0.481 e. The molecule has 0 spiro atoms. The summed E-state index contributed by atoms with van der Waals surface area (Å²) in [6.45, 7) is -0.160. The number of aliphatic imine (C=N–C) groups is 2. The fourth-order valence-electron chi connectivity index (χ4n) is 0.916. The van der Waals surface area contributed by atoms with Crippen molar-refractivity contribution in [3.63, 3.8) is 0 Å². The first-order chi connectivity index (χ1) is 13.5. The fraction of sp³-hybridized carbons (Fsp3) is 0.357. The Morgan fingerprint density at radius 3 is 1.33 bits per heavy atom. The third kappa shape index (κ3) is 15.7. The van der Waals surface area contributed by atoms with Crippen LogP contribution >= 0.6 is 0 Å². The smallest absolute Gasteiger partial charge is 0.339 e. The van der Waals surface area contributed by atoms with Crippen molar-refractivity contribution in [3.8, 4) is 0 Å². The predicted octanol–water partition coefficient (Wildman–Crippen LogP) is -1.97. The number of carboxylic acids is 3. The van der Waals surface area contributed by atoms with E-state index in [1.165, 1.54) is 12.2 Å². The van der Waals surface area contributed by atoms with E-state index in [9.17, 15) is 43.2 Å². The summed E-state index contributed by atoms with van der Waals surface area (Å²) in [5, 5.41) is 23.5. The lowest BCUT2D eigenvalue weighted by atomic mass is 10.1. The number of esters is 4. The molecule has 0 atom stereocenters. The molecule has 2 fully saturated rings. The van der Waals surface area contributed by atoms with Crippen molar-refractivity contribution in [2.45, 2.75) is 20.3 Å². The molecule has 0 aromatic carbocycles. The SMILES string of the molecule is C.O=C(O)C1C(=O)OC1=O.O=C(O)CC(=O)O.O=C1CC(=O)O1.O=C=NCN=C=O. The molecule has 2 rings (SSSR count). The maximum atomic E-state index is 10.1. The zero-order chi connectivity index (χ0) is 23.0. The second kappa shape index (κ2) is 16.6. The van der Waals surface area contributed by atoms with Gasteiger partial charge in [0.05, 0.1) is 0 Å². The average molecular weight is 434 g/mol. The van der Waals surface area contributed by atoms with E-state index in [-0.39, 0.29) is 20.5 Å². The van der Waals surface area contributed by atoms with E-state index in [1.807, 2.05) is 0 Å². The van der Waals surface area contributed by atoms with Gasteiger partial charge in [0.15, 0.2) is 6.67 Å². The second-order valence-corrected chi connectivity index (χ2v) is 4.14. The Morgan fingerprint density at radius 2 is 1.23 bits per heavy atom. The number of carbonyl (C=O) groups excluding carboxylic acids is 6. The minimum absolute atomic E-state index is 0. The zero-order valence-electron chi connectivity index (χ0n) is 13.9. The summed E-state index contributed by atoms with van der Waals surface area (Å²) in [5.74, 6) is -8.43. The number of hydrogen-bond acceptors (Lipinski definition) is 13. The number of isocyanates is 2. The number of aliphatic carboxylic acids is 3. The lowest BCUT2D eigenvalue weighted by molar-refractivity contribution is -0.188. The van der Waals surface area contributed by atoms with Crippen molar-refractivity contribution in [1.29, 1.82) is 0 Å². The molecule has 0 unspecified atom stereocenters. The van der Waals surface area contributed by atoms with Gasteiger partial charge in [-0.2, -0.15) is 9.98 Å². The summed E-state index contributed by atoms with van der Waals surface area (Å²) >= 11 is 0. The van der Waals surface area contributed by atoms with Gasteiger partial charge in [-0.25, -0.2) is 19.2 Å². The van der Waals surface area contributed by atoms with Crippen LogP contribution in [0.15, 0.2) is 9.98 Å². The summed E-state index contributed by atoms with van der Waals surface area (Å²) in [7, 11) is 0. The van der Waals surface area contributed by atoms with E-state index in [4.69, 9.17) is 15.3 Å². The number of cyclic esters (lactones) is 4. The Hall–Kier alpha value is -4.55. The lowest BCUT2D eigenvalue weighted by Crippen LogP contribution is -2.45. The van der Waals surface area contributed by atoms with Crippen molar-refractivity contribution in [1.82, 2.24) is 0 Å². The number of rotatable bonds is 5. The van der Waals surface area contributed by atoms with Crippen molar-refractivity contribution < 1.29 is 67.9 Å². The normalized spacial score (nSPS) is 12.7. The molecular formula is C14H14N2O14. The van der Waals surface area contributed by atoms with Crippen LogP contribution in [0.4, 0.5) is 0 Å². The molecule has 2 aliphatic rings. The number of nitrogens with zero attached hydrogens (tertiary/aromatic N) is 2. The summed E-state index contributed by atoms with van der Waals surface area (Å²) in [5.41, 5.74) is 0. The molecular weight excluding hydrogens is 420 g/mol. The van der Waals surface area contributed by atoms with Gasteiger partial charge < -0.3 is 24.8 Å². The summed E-state index contributed by atoms with van der Waals surface area (Å²) < 4.78 is 7.62. The topological polar surface area (TPSA) is 257 Å². The maximum Gasteiger partial charge on any atom is 0.339 e. The fourth-order valence-corrected chi connectivity index (χ4v) is 0.916. The summed E-state index contributed by atoms with van der Waals surface area (Å²) in [4.78, 5) is 92.4. The molecule has 0 radical (unpaired) electrons. The first-order valence-corrected chi connectivity index (χ1v) is 6.68. The third-order valence-electron chi connectivity index (χ3n) is 2.01. The van der Waals surface area contributed by atoms with Gasteiger partial charge in [-0.15, -0.1) is 0 Å². The van der Waals surface area contributed by atoms with Gasteiger partial charge >= 0.3 is 41.8 Å². The van der Waals surface area contributed by atoms with Crippen LogP contribution in [0.2, 0.25) is 0 Å². The van der Waals surface area contributed by atoms with E-state index in [0.29, 0.717) is 0 Å². The molecule has 0 aromatic heterocycles. The highest BCUT2D eigenvalue weighted by Crippen LogP contribution is 2.13. The van der Waals surface area contributed by atoms with E-state index in [0.717, 1.165) is 0 Å². The van der Waals surface area contributed by atoms with Crippen molar-refractivity contribution >= 4 is 53.9 Å². The van der Waals surface area contributed by atoms with Crippen LogP contribution in [0.1, 0.15) is 20.3 Å². The second-order valence-electron chi connectivity index (χ2n) is 4.14. The molecule has 0 aliphatic carbocycles. The molecule has 2 aliphatic heterocycles. The molecule has 2 heterocycles. The molecule has 0 bridgehead atoms. The van der Waals surface area contributed by atoms with Gasteiger partial charge in [0.2, 0.25) is 12.2 Å². The molecule has 16 heteroatoms. The van der Waals surface area contributed by atoms with E-state index < -0.39 is 54.1 Å². The van der Waals surface area contributed by atoms with Crippen molar-refractivity contribution in [2.75, 3.05) is 6.67 Å². The molecule has 3 N–H and O–H groups in total. The Kier molecular flexibility index (Phi) is 16.7. The number of carbonyl (C=O) groups is 7. The molecule has 16 nitrogen and oxygen atoms in total. The minimum atomic E-state index is -1.56. The largest absolute Gasteiger partial charge is 0.481 e. The Morgan fingerprint density at radius 1 is 0.867 bits per heavy atom. The van der Waals surface area contributed by atoms with E-state index in [2.05, 4.69) is 19.5 Å². The van der Waals surface area contributed by atoms with Gasteiger partial charge in [0.1, 0.15) is 12.8 Å². The van der Waals surface area contributed by atoms with Gasteiger partial charge in [-0.3, -0.25) is 24.0 Å². The van der Waals surface area contributed by atoms with Gasteiger partial charge in [0.25, 0.3) is 5.92 Å². The third-order valence-corrected chi connectivity index (χ3v) is 2.01. The maximum absolute atomic E-state index is 10.1. The molecule has 0 aromatic rings. The number of carboxylic acid groups (broad SMARTS) is 3. The van der Waals surface area contributed by atoms with Gasteiger partial charge in [-0.05, 0) is 0 Å². The van der Waals surface area contributed by atoms with Gasteiger partial charge in [-0.1, -0.05) is 7.43 Å². The van der Waals surface area contributed by atoms with Crippen LogP contribution in [0.25, 0.3) is 0 Å². The van der Waals surface area contributed by atoms with Crippen LogP contribution in [-0.2, 0) is 52.6 Å². The Labute approximate surface area is 165 Å². The quantitative estimate of drug-likeness (QED) is 0.183. The van der Waals surface area contributed by atoms with Crippen LogP contribution in [0.3, 0.4) is 0 Å². The lowest BCUT2D eigenvalue weighted by Gasteiger charge is -2.16. The first kappa shape index (κ1) is 30.2. The number of hydrogen-bond donors (Lipinski definition) is 3. The molecule has 0 amide bonds.